The number of tetrazole rings is 1. The number of methoxy groups -OCH3 is 1. The van der Waals surface area contributed by atoms with Crippen molar-refractivity contribution in [2.24, 2.45) is 0 Å². The number of carbonyl (C=O) groups is 1. The Balaban J connectivity index is 1.83. The van der Waals surface area contributed by atoms with Crippen LogP contribution < -0.4 is 4.74 Å². The summed E-state index contributed by atoms with van der Waals surface area (Å²) < 4.78 is 5.43. The second kappa shape index (κ2) is 7.76. The number of carbonyl (C=O) groups excluding carboxylic acids is 1. The number of rotatable bonds is 6. The van der Waals surface area contributed by atoms with E-state index in [1.54, 1.807) is 19.2 Å². The molecule has 0 aliphatic carbocycles. The number of H-pyrrole nitrogens is 2. The molecule has 0 fully saturated rings. The number of aromatic nitrogens is 5. The molecule has 29 heavy (non-hydrogen) atoms. The first kappa shape index (κ1) is 18.7. The van der Waals surface area contributed by atoms with Gasteiger partial charge in [0.2, 0.25) is 11.6 Å². The molecule has 0 bridgehead atoms. The standard InChI is InChI=1S/C20H16ClN5O3/c1-29-18-5-3-2-4-11(18)8-15-19(13-9-12(21)6-7-14(13)22-15)16(27)10-17(28)20-23-25-26-24-20/h2-7,9-10,22,27H,8H2,1H3,(H,23,24,25,26). The summed E-state index contributed by atoms with van der Waals surface area (Å²) in [6.07, 6.45) is 1.51. The molecule has 0 unspecified atom stereocenters. The van der Waals surface area contributed by atoms with E-state index in [9.17, 15) is 9.90 Å². The average Bonchev–Trinajstić information content (AvgIpc) is 3.36. The van der Waals surface area contributed by atoms with E-state index >= 15 is 0 Å². The highest BCUT2D eigenvalue weighted by Gasteiger charge is 2.19. The smallest absolute Gasteiger partial charge is 0.244 e. The lowest BCUT2D eigenvalue weighted by atomic mass is 10.0. The van der Waals surface area contributed by atoms with Gasteiger partial charge >= 0.3 is 0 Å². The molecule has 4 rings (SSSR count). The number of hydrogen-bond donors (Lipinski definition) is 3. The van der Waals surface area contributed by atoms with Gasteiger partial charge < -0.3 is 14.8 Å². The molecule has 3 N–H and O–H groups in total. The fraction of sp³-hybridized carbons (Fsp3) is 0.100. The van der Waals surface area contributed by atoms with E-state index in [1.165, 1.54) is 0 Å². The van der Waals surface area contributed by atoms with E-state index < -0.39 is 5.78 Å². The molecule has 0 saturated heterocycles. The normalized spacial score (nSPS) is 11.7. The van der Waals surface area contributed by atoms with Crippen LogP contribution in [0, 0.1) is 0 Å². The maximum atomic E-state index is 12.3. The number of aliphatic hydroxyl groups is 1. The molecule has 0 saturated carbocycles. The number of fused-ring (bicyclic) bond motifs is 1. The molecule has 0 amide bonds. The first-order chi connectivity index (χ1) is 14.1. The van der Waals surface area contributed by atoms with Gasteiger partial charge in [-0.1, -0.05) is 29.8 Å². The number of halogens is 1. The Morgan fingerprint density at radius 2 is 2.10 bits per heavy atom. The summed E-state index contributed by atoms with van der Waals surface area (Å²) in [6.45, 7) is 0. The van der Waals surface area contributed by atoms with Gasteiger partial charge in [0.05, 0.1) is 7.11 Å². The van der Waals surface area contributed by atoms with Crippen molar-refractivity contribution in [2.75, 3.05) is 7.11 Å². The molecule has 9 heteroatoms. The molecule has 0 radical (unpaired) electrons. The van der Waals surface area contributed by atoms with Gasteiger partial charge in [-0.25, -0.2) is 0 Å². The van der Waals surface area contributed by atoms with E-state index in [1.807, 2.05) is 30.3 Å². The second-order valence-corrected chi connectivity index (χ2v) is 6.72. The second-order valence-electron chi connectivity index (χ2n) is 6.29. The lowest BCUT2D eigenvalue weighted by molar-refractivity contribution is 0.103. The summed E-state index contributed by atoms with van der Waals surface area (Å²) in [5.41, 5.74) is 2.89. The topological polar surface area (TPSA) is 117 Å². The van der Waals surface area contributed by atoms with Crippen molar-refractivity contribution in [3.63, 3.8) is 0 Å². The Hall–Kier alpha value is -3.65. The number of para-hydroxylation sites is 1. The predicted molar refractivity (Wildman–Crippen MR) is 108 cm³/mol. The fourth-order valence-electron chi connectivity index (χ4n) is 3.21. The molecule has 0 aliphatic heterocycles. The lowest BCUT2D eigenvalue weighted by Gasteiger charge is -2.09. The number of ether oxygens (including phenoxy) is 1. The maximum Gasteiger partial charge on any atom is 0.244 e. The van der Waals surface area contributed by atoms with Gasteiger partial charge in [0.25, 0.3) is 0 Å². The van der Waals surface area contributed by atoms with Gasteiger partial charge in [0, 0.05) is 39.7 Å². The minimum Gasteiger partial charge on any atom is -0.507 e. The molecule has 0 aliphatic rings. The molecule has 146 valence electrons. The van der Waals surface area contributed by atoms with Crippen LogP contribution in [0.2, 0.25) is 5.02 Å². The maximum absolute atomic E-state index is 12.3. The Morgan fingerprint density at radius 1 is 1.28 bits per heavy atom. The summed E-state index contributed by atoms with van der Waals surface area (Å²) in [4.78, 5) is 15.6. The Bertz CT molecular complexity index is 1210. The number of aromatic amines is 2. The summed E-state index contributed by atoms with van der Waals surface area (Å²) >= 11 is 6.17. The number of nitrogens with one attached hydrogen (secondary N) is 2. The zero-order valence-corrected chi connectivity index (χ0v) is 16.1. The highest BCUT2D eigenvalue weighted by molar-refractivity contribution is 6.31. The first-order valence-corrected chi connectivity index (χ1v) is 9.05. The van der Waals surface area contributed by atoms with Crippen LogP contribution in [0.4, 0.5) is 0 Å². The van der Waals surface area contributed by atoms with E-state index in [-0.39, 0.29) is 11.6 Å². The molecule has 4 aromatic rings. The third-order valence-corrected chi connectivity index (χ3v) is 4.72. The highest BCUT2D eigenvalue weighted by atomic mass is 35.5. The quantitative estimate of drug-likeness (QED) is 0.254. The minimum absolute atomic E-state index is 0.138. The van der Waals surface area contributed by atoms with Crippen molar-refractivity contribution in [3.05, 3.63) is 76.2 Å². The summed E-state index contributed by atoms with van der Waals surface area (Å²) in [7, 11) is 1.60. The van der Waals surface area contributed by atoms with Crippen LogP contribution in [0.25, 0.3) is 16.7 Å². The van der Waals surface area contributed by atoms with Crippen molar-refractivity contribution in [1.29, 1.82) is 0 Å². The van der Waals surface area contributed by atoms with E-state index in [0.29, 0.717) is 28.1 Å². The van der Waals surface area contributed by atoms with Crippen molar-refractivity contribution >= 4 is 34.0 Å². The van der Waals surface area contributed by atoms with E-state index in [4.69, 9.17) is 16.3 Å². The molecule has 0 atom stereocenters. The zero-order chi connectivity index (χ0) is 20.4. The van der Waals surface area contributed by atoms with E-state index in [2.05, 4.69) is 25.6 Å². The average molecular weight is 410 g/mol. The third-order valence-electron chi connectivity index (χ3n) is 4.49. The lowest BCUT2D eigenvalue weighted by Crippen LogP contribution is -2.01. The molecule has 2 aromatic carbocycles. The van der Waals surface area contributed by atoms with Crippen LogP contribution in [0.1, 0.15) is 27.4 Å². The number of hydrogen-bond acceptors (Lipinski definition) is 6. The largest absolute Gasteiger partial charge is 0.507 e. The monoisotopic (exact) mass is 409 g/mol. The predicted octanol–water partition coefficient (Wildman–Crippen LogP) is 3.72. The highest BCUT2D eigenvalue weighted by Crippen LogP contribution is 2.32. The number of nitrogens with zero attached hydrogens (tertiary/aromatic N) is 3. The van der Waals surface area contributed by atoms with E-state index in [0.717, 1.165) is 22.9 Å². The summed E-state index contributed by atoms with van der Waals surface area (Å²) in [5, 5.41) is 24.9. The van der Waals surface area contributed by atoms with Crippen LogP contribution >= 0.6 is 11.6 Å². The third kappa shape index (κ3) is 3.70. The van der Waals surface area contributed by atoms with Crippen molar-refractivity contribution in [2.45, 2.75) is 6.42 Å². The fourth-order valence-corrected chi connectivity index (χ4v) is 3.38. The number of ketones is 1. The zero-order valence-electron chi connectivity index (χ0n) is 15.3. The number of allylic oxidation sites excluding steroid dienone is 1. The van der Waals surface area contributed by atoms with Crippen molar-refractivity contribution in [1.82, 2.24) is 25.6 Å². The molecule has 0 spiro atoms. The van der Waals surface area contributed by atoms with Crippen LogP contribution in [0.5, 0.6) is 5.75 Å². The summed E-state index contributed by atoms with van der Waals surface area (Å²) in [5.74, 6) is -0.212. The molecular weight excluding hydrogens is 394 g/mol. The number of aliphatic hydroxyl groups excluding tert-OH is 1. The Morgan fingerprint density at radius 3 is 2.86 bits per heavy atom. The first-order valence-electron chi connectivity index (χ1n) is 8.67. The molecular formula is C20H16ClN5O3. The van der Waals surface area contributed by atoms with Gasteiger partial charge in [0.15, 0.2) is 0 Å². The van der Waals surface area contributed by atoms with Gasteiger partial charge in [-0.3, -0.25) is 4.79 Å². The van der Waals surface area contributed by atoms with Gasteiger partial charge in [0.1, 0.15) is 11.5 Å². The van der Waals surface area contributed by atoms with Crippen LogP contribution in [-0.2, 0) is 6.42 Å². The van der Waals surface area contributed by atoms with Crippen molar-refractivity contribution < 1.29 is 14.6 Å². The Kier molecular flexibility index (Phi) is 5.01. The van der Waals surface area contributed by atoms with Gasteiger partial charge in [-0.2, -0.15) is 5.21 Å². The Labute approximate surface area is 170 Å². The molecule has 2 heterocycles. The number of benzene rings is 2. The SMILES string of the molecule is COc1ccccc1Cc1[nH]c2ccc(Cl)cc2c1C(O)=CC(=O)c1nn[nH]n1. The summed E-state index contributed by atoms with van der Waals surface area (Å²) in [6, 6.07) is 12.9. The van der Waals surface area contributed by atoms with Crippen LogP contribution in [-0.4, -0.2) is 43.6 Å². The molecule has 2 aromatic heterocycles. The molecule has 8 nitrogen and oxygen atoms in total. The van der Waals surface area contributed by atoms with Crippen molar-refractivity contribution in [3.8, 4) is 5.75 Å². The van der Waals surface area contributed by atoms with Crippen LogP contribution in [0.15, 0.2) is 48.5 Å². The van der Waals surface area contributed by atoms with Gasteiger partial charge in [-0.15, -0.1) is 10.2 Å². The van der Waals surface area contributed by atoms with Crippen LogP contribution in [0.3, 0.4) is 0 Å². The minimum atomic E-state index is -0.573. The van der Waals surface area contributed by atoms with Gasteiger partial charge in [-0.05, 0) is 35.0 Å².